The van der Waals surface area contributed by atoms with Crippen LogP contribution in [0.5, 0.6) is 5.75 Å². The molecular weight excluding hydrogens is 285 g/mol. The molecule has 5 heteroatoms. The van der Waals surface area contributed by atoms with E-state index in [2.05, 4.69) is 0 Å². The molecule has 0 radical (unpaired) electrons. The Balaban J connectivity index is 2.20. The Bertz CT molecular complexity index is 424. The van der Waals surface area contributed by atoms with Crippen LogP contribution in [0.15, 0.2) is 12.1 Å². The van der Waals surface area contributed by atoms with Crippen molar-refractivity contribution >= 4 is 23.2 Å². The van der Waals surface area contributed by atoms with Gasteiger partial charge in [-0.3, -0.25) is 0 Å². The smallest absolute Gasteiger partial charge is 0.123 e. The molecule has 0 aromatic heterocycles. The van der Waals surface area contributed by atoms with Gasteiger partial charge in [-0.1, -0.05) is 42.5 Å². The van der Waals surface area contributed by atoms with Gasteiger partial charge in [0.15, 0.2) is 0 Å². The molecule has 0 aliphatic heterocycles. The van der Waals surface area contributed by atoms with Crippen LogP contribution < -0.4 is 5.73 Å². The largest absolute Gasteiger partial charge is 0.507 e. The first-order valence-electron chi connectivity index (χ1n) is 6.62. The van der Waals surface area contributed by atoms with Crippen molar-refractivity contribution in [3.63, 3.8) is 0 Å². The van der Waals surface area contributed by atoms with Crippen LogP contribution in [-0.4, -0.2) is 16.3 Å². The highest BCUT2D eigenvalue weighted by atomic mass is 35.5. The van der Waals surface area contributed by atoms with Crippen LogP contribution in [0.25, 0.3) is 0 Å². The number of hydrogen-bond donors (Lipinski definition) is 3. The third-order valence-corrected chi connectivity index (χ3v) is 4.44. The fraction of sp³-hybridized carbons (Fsp3) is 0.571. The summed E-state index contributed by atoms with van der Waals surface area (Å²) in [6, 6.07) is 2.25. The highest BCUT2D eigenvalue weighted by Gasteiger charge is 2.30. The Morgan fingerprint density at radius 3 is 2.37 bits per heavy atom. The van der Waals surface area contributed by atoms with Crippen molar-refractivity contribution in [1.29, 1.82) is 0 Å². The number of phenolic OH excluding ortho intramolecular Hbond substituents is 1. The summed E-state index contributed by atoms with van der Waals surface area (Å²) in [6.45, 7) is 0. The van der Waals surface area contributed by atoms with E-state index in [4.69, 9.17) is 28.9 Å². The van der Waals surface area contributed by atoms with Crippen molar-refractivity contribution in [3.05, 3.63) is 27.7 Å². The van der Waals surface area contributed by atoms with Crippen molar-refractivity contribution in [1.82, 2.24) is 0 Å². The zero-order valence-corrected chi connectivity index (χ0v) is 12.2. The molecule has 4 N–H and O–H groups in total. The predicted octanol–water partition coefficient (Wildman–Crippen LogP) is 3.64. The van der Waals surface area contributed by atoms with Gasteiger partial charge in [0.05, 0.1) is 17.2 Å². The Morgan fingerprint density at radius 2 is 1.79 bits per heavy atom. The lowest BCUT2D eigenvalue weighted by Crippen LogP contribution is -2.34. The highest BCUT2D eigenvalue weighted by Crippen LogP contribution is 2.38. The van der Waals surface area contributed by atoms with Crippen LogP contribution >= 0.6 is 23.2 Å². The molecule has 1 aromatic carbocycles. The Kier molecular flexibility index (Phi) is 4.96. The molecule has 106 valence electrons. The molecule has 0 bridgehead atoms. The monoisotopic (exact) mass is 303 g/mol. The van der Waals surface area contributed by atoms with Gasteiger partial charge in [-0.15, -0.1) is 0 Å². The number of benzene rings is 1. The third kappa shape index (κ3) is 3.34. The Morgan fingerprint density at radius 1 is 1.16 bits per heavy atom. The summed E-state index contributed by atoms with van der Waals surface area (Å²) < 4.78 is 0. The molecule has 1 saturated carbocycles. The number of nitrogens with two attached hydrogens (primary N) is 1. The minimum atomic E-state index is -0.690. The molecule has 1 fully saturated rings. The van der Waals surface area contributed by atoms with Crippen molar-refractivity contribution in [3.8, 4) is 5.75 Å². The van der Waals surface area contributed by atoms with Crippen LogP contribution in [0.3, 0.4) is 0 Å². The van der Waals surface area contributed by atoms with Crippen LogP contribution in [0.1, 0.15) is 43.7 Å². The number of aromatic hydroxyl groups is 1. The summed E-state index contributed by atoms with van der Waals surface area (Å²) in [5.74, 6) is 0.120. The number of rotatable bonds is 3. The lowest BCUT2D eigenvalue weighted by atomic mass is 9.81. The van der Waals surface area contributed by atoms with Crippen LogP contribution in [0.2, 0.25) is 10.0 Å². The molecule has 19 heavy (non-hydrogen) atoms. The summed E-state index contributed by atoms with van der Waals surface area (Å²) in [7, 11) is 0. The second-order valence-electron chi connectivity index (χ2n) is 5.23. The SMILES string of the molecule is N[C@@H](c1c(O)cc(Cl)cc1Cl)[C@H](O)C1CCCCC1. The van der Waals surface area contributed by atoms with Crippen LogP contribution in [0.4, 0.5) is 0 Å². The van der Waals surface area contributed by atoms with Gasteiger partial charge in [0.25, 0.3) is 0 Å². The quantitative estimate of drug-likeness (QED) is 0.798. The number of aliphatic hydroxyl groups excluding tert-OH is 1. The van der Waals surface area contributed by atoms with E-state index < -0.39 is 12.1 Å². The second kappa shape index (κ2) is 6.31. The fourth-order valence-electron chi connectivity index (χ4n) is 2.84. The first kappa shape index (κ1) is 14.9. The minimum absolute atomic E-state index is 0.0557. The van der Waals surface area contributed by atoms with Gasteiger partial charge < -0.3 is 15.9 Å². The molecule has 0 amide bonds. The van der Waals surface area contributed by atoms with Gasteiger partial charge in [0.1, 0.15) is 5.75 Å². The number of phenols is 1. The normalized spacial score (nSPS) is 20.2. The van der Waals surface area contributed by atoms with E-state index in [-0.39, 0.29) is 11.7 Å². The lowest BCUT2D eigenvalue weighted by molar-refractivity contribution is 0.0611. The van der Waals surface area contributed by atoms with Crippen molar-refractivity contribution < 1.29 is 10.2 Å². The first-order chi connectivity index (χ1) is 9.00. The summed E-state index contributed by atoms with van der Waals surface area (Å²) in [5.41, 5.74) is 6.46. The molecule has 2 rings (SSSR count). The highest BCUT2D eigenvalue weighted by molar-refractivity contribution is 6.35. The number of halogens is 2. The van der Waals surface area contributed by atoms with E-state index in [0.717, 1.165) is 25.7 Å². The van der Waals surface area contributed by atoms with E-state index in [1.807, 2.05) is 0 Å². The molecule has 1 aliphatic rings. The van der Waals surface area contributed by atoms with E-state index >= 15 is 0 Å². The molecule has 3 nitrogen and oxygen atoms in total. The molecular formula is C14H19Cl2NO2. The van der Waals surface area contributed by atoms with Gasteiger partial charge in [-0.2, -0.15) is 0 Å². The number of hydrogen-bond acceptors (Lipinski definition) is 3. The molecule has 0 heterocycles. The van der Waals surface area contributed by atoms with Crippen molar-refractivity contribution in [2.24, 2.45) is 11.7 Å². The number of aliphatic hydroxyl groups is 1. The molecule has 0 unspecified atom stereocenters. The van der Waals surface area contributed by atoms with Gasteiger partial charge in [0, 0.05) is 10.6 Å². The lowest BCUT2D eigenvalue weighted by Gasteiger charge is -2.31. The third-order valence-electron chi connectivity index (χ3n) is 3.91. The maximum Gasteiger partial charge on any atom is 0.123 e. The van der Waals surface area contributed by atoms with E-state index in [0.29, 0.717) is 15.6 Å². The van der Waals surface area contributed by atoms with E-state index in [1.54, 1.807) is 0 Å². The topological polar surface area (TPSA) is 66.5 Å². The van der Waals surface area contributed by atoms with E-state index in [9.17, 15) is 10.2 Å². The van der Waals surface area contributed by atoms with Gasteiger partial charge in [0.2, 0.25) is 0 Å². The zero-order chi connectivity index (χ0) is 14.0. The summed E-state index contributed by atoms with van der Waals surface area (Å²) in [5, 5.41) is 21.0. The summed E-state index contributed by atoms with van der Waals surface area (Å²) >= 11 is 11.9. The minimum Gasteiger partial charge on any atom is -0.507 e. The van der Waals surface area contributed by atoms with Gasteiger partial charge >= 0.3 is 0 Å². The molecule has 0 spiro atoms. The van der Waals surface area contributed by atoms with Crippen LogP contribution in [-0.2, 0) is 0 Å². The average Bonchev–Trinajstić information content (AvgIpc) is 2.37. The van der Waals surface area contributed by atoms with E-state index in [1.165, 1.54) is 18.6 Å². The first-order valence-corrected chi connectivity index (χ1v) is 7.38. The van der Waals surface area contributed by atoms with Gasteiger partial charge in [-0.05, 0) is 30.9 Å². The molecule has 2 atom stereocenters. The standard InChI is InChI=1S/C14H19Cl2NO2/c15-9-6-10(16)12(11(18)7-9)13(17)14(19)8-4-2-1-3-5-8/h6-8,13-14,18-19H,1-5,17H2/t13-,14+/m0/s1. The Labute approximate surface area is 123 Å². The second-order valence-corrected chi connectivity index (χ2v) is 6.08. The Hall–Kier alpha value is -0.480. The predicted molar refractivity (Wildman–Crippen MR) is 77.6 cm³/mol. The fourth-order valence-corrected chi connectivity index (χ4v) is 3.45. The molecule has 0 saturated heterocycles. The maximum absolute atomic E-state index is 10.4. The summed E-state index contributed by atoms with van der Waals surface area (Å²) in [4.78, 5) is 0. The van der Waals surface area contributed by atoms with Crippen LogP contribution in [0, 0.1) is 5.92 Å². The summed E-state index contributed by atoms with van der Waals surface area (Å²) in [6.07, 6.45) is 4.71. The molecule has 1 aromatic rings. The zero-order valence-electron chi connectivity index (χ0n) is 10.6. The van der Waals surface area contributed by atoms with Crippen molar-refractivity contribution in [2.75, 3.05) is 0 Å². The average molecular weight is 304 g/mol. The van der Waals surface area contributed by atoms with Gasteiger partial charge in [-0.25, -0.2) is 0 Å². The van der Waals surface area contributed by atoms with Crippen molar-refractivity contribution in [2.45, 2.75) is 44.2 Å². The maximum atomic E-state index is 10.4. The molecule has 1 aliphatic carbocycles.